The minimum absolute atomic E-state index is 0.0639. The number of halogens is 2. The fourth-order valence-corrected chi connectivity index (χ4v) is 5.63. The van der Waals surface area contributed by atoms with Crippen LogP contribution in [0.4, 0.5) is 10.1 Å². The van der Waals surface area contributed by atoms with E-state index in [1.165, 1.54) is 24.3 Å². The molecule has 6 rings (SSSR count). The zero-order valence-electron chi connectivity index (χ0n) is 18.3. The van der Waals surface area contributed by atoms with Crippen molar-refractivity contribution >= 4 is 40.7 Å². The zero-order chi connectivity index (χ0) is 24.6. The van der Waals surface area contributed by atoms with E-state index in [0.29, 0.717) is 5.56 Å². The molecule has 2 aliphatic heterocycles. The third kappa shape index (κ3) is 2.79. The van der Waals surface area contributed by atoms with Gasteiger partial charge in [0.25, 0.3) is 0 Å². The lowest BCUT2D eigenvalue weighted by Gasteiger charge is -2.27. The summed E-state index contributed by atoms with van der Waals surface area (Å²) in [4.78, 5) is 55.8. The van der Waals surface area contributed by atoms with Gasteiger partial charge in [-0.1, -0.05) is 65.7 Å². The van der Waals surface area contributed by atoms with Crippen LogP contribution in [0.3, 0.4) is 0 Å². The van der Waals surface area contributed by atoms with Gasteiger partial charge in [-0.3, -0.25) is 19.2 Å². The average molecular weight is 490 g/mol. The van der Waals surface area contributed by atoms with E-state index in [1.54, 1.807) is 24.3 Å². The van der Waals surface area contributed by atoms with Gasteiger partial charge in [-0.2, -0.15) is 0 Å². The molecule has 35 heavy (non-hydrogen) atoms. The SMILES string of the molecule is Cc1ccc([C@H]2OC3(C(=O)c4ccccc4C3=O)[C@H]3C(=O)N(c4ccc(F)c(Cl)c4)C(=O)[C@@H]23)cc1. The Morgan fingerprint density at radius 3 is 2.11 bits per heavy atom. The highest BCUT2D eigenvalue weighted by Crippen LogP contribution is 2.57. The molecule has 8 heteroatoms. The second-order valence-corrected chi connectivity index (χ2v) is 9.41. The van der Waals surface area contributed by atoms with Gasteiger partial charge >= 0.3 is 0 Å². The van der Waals surface area contributed by atoms with Crippen LogP contribution >= 0.6 is 11.6 Å². The van der Waals surface area contributed by atoms with E-state index in [-0.39, 0.29) is 21.8 Å². The van der Waals surface area contributed by atoms with Gasteiger partial charge in [-0.25, -0.2) is 9.29 Å². The van der Waals surface area contributed by atoms with E-state index < -0.39 is 52.7 Å². The number of amides is 2. The first-order valence-corrected chi connectivity index (χ1v) is 11.4. The number of benzene rings is 3. The Labute approximate surface area is 204 Å². The first-order chi connectivity index (χ1) is 16.8. The normalized spacial score (nSPS) is 24.4. The quantitative estimate of drug-likeness (QED) is 0.391. The number of ketones is 2. The second kappa shape index (κ2) is 7.41. The summed E-state index contributed by atoms with van der Waals surface area (Å²) < 4.78 is 20.0. The molecule has 1 aliphatic carbocycles. The predicted octanol–water partition coefficient (Wildman–Crippen LogP) is 4.48. The molecule has 3 aromatic rings. The van der Waals surface area contributed by atoms with Gasteiger partial charge in [-0.05, 0) is 30.7 Å². The number of nitrogens with zero attached hydrogens (tertiary/aromatic N) is 1. The van der Waals surface area contributed by atoms with Gasteiger partial charge in [0.15, 0.2) is 0 Å². The van der Waals surface area contributed by atoms with Crippen LogP contribution in [0.1, 0.15) is 37.9 Å². The molecule has 1 spiro atoms. The summed E-state index contributed by atoms with van der Waals surface area (Å²) in [6.45, 7) is 1.90. The summed E-state index contributed by atoms with van der Waals surface area (Å²) in [5.74, 6) is -5.88. The smallest absolute Gasteiger partial charge is 0.241 e. The zero-order valence-corrected chi connectivity index (χ0v) is 19.1. The largest absolute Gasteiger partial charge is 0.349 e. The third-order valence-electron chi connectivity index (χ3n) is 7.09. The van der Waals surface area contributed by atoms with Crippen LogP contribution in [0.25, 0.3) is 0 Å². The Morgan fingerprint density at radius 2 is 1.51 bits per heavy atom. The molecule has 2 saturated heterocycles. The maximum atomic E-state index is 13.8. The summed E-state index contributed by atoms with van der Waals surface area (Å²) in [5.41, 5.74) is -0.244. The number of carbonyl (C=O) groups excluding carboxylic acids is 4. The molecule has 3 aromatic carbocycles. The van der Waals surface area contributed by atoms with Gasteiger partial charge in [-0.15, -0.1) is 0 Å². The van der Waals surface area contributed by atoms with Crippen molar-refractivity contribution in [3.8, 4) is 0 Å². The number of hydrogen-bond donors (Lipinski definition) is 0. The number of hydrogen-bond acceptors (Lipinski definition) is 5. The average Bonchev–Trinajstić information content (AvgIpc) is 3.41. The van der Waals surface area contributed by atoms with Crippen molar-refractivity contribution in [2.24, 2.45) is 11.8 Å². The molecule has 2 amide bonds. The molecule has 2 heterocycles. The van der Waals surface area contributed by atoms with Crippen molar-refractivity contribution in [2.75, 3.05) is 4.90 Å². The monoisotopic (exact) mass is 489 g/mol. The number of aryl methyl sites for hydroxylation is 1. The summed E-state index contributed by atoms with van der Waals surface area (Å²) >= 11 is 5.92. The standard InChI is InChI=1S/C27H17ClFNO5/c1-13-6-8-14(9-7-13)22-20-21(26(34)30(25(20)33)15-10-11-19(29)18(28)12-15)27(35-22)23(31)16-4-2-3-5-17(16)24(27)32/h2-12,20-22H,1H3/t20-,21-,22-/m1/s1. The topological polar surface area (TPSA) is 80.8 Å². The maximum Gasteiger partial charge on any atom is 0.241 e. The van der Waals surface area contributed by atoms with E-state index in [1.807, 2.05) is 19.1 Å². The summed E-state index contributed by atoms with van der Waals surface area (Å²) in [7, 11) is 0. The molecular formula is C27H17ClFNO5. The number of rotatable bonds is 2. The molecule has 174 valence electrons. The minimum Gasteiger partial charge on any atom is -0.349 e. The van der Waals surface area contributed by atoms with Gasteiger partial charge in [0.05, 0.1) is 28.6 Å². The van der Waals surface area contributed by atoms with Gasteiger partial charge < -0.3 is 4.74 Å². The van der Waals surface area contributed by atoms with E-state index in [2.05, 4.69) is 0 Å². The van der Waals surface area contributed by atoms with Crippen LogP contribution in [0, 0.1) is 24.6 Å². The molecular weight excluding hydrogens is 473 g/mol. The second-order valence-electron chi connectivity index (χ2n) is 9.00. The number of Topliss-reactive ketones (excluding diaryl/α,β-unsaturated/α-hetero) is 2. The molecule has 0 saturated carbocycles. The Morgan fingerprint density at radius 1 is 0.886 bits per heavy atom. The Hall–Kier alpha value is -3.68. The predicted molar refractivity (Wildman–Crippen MR) is 124 cm³/mol. The highest BCUT2D eigenvalue weighted by molar-refractivity contribution is 6.37. The maximum absolute atomic E-state index is 13.8. The van der Waals surface area contributed by atoms with Gasteiger partial charge in [0.1, 0.15) is 5.82 Å². The van der Waals surface area contributed by atoms with Crippen LogP contribution in [0.5, 0.6) is 0 Å². The molecule has 0 aromatic heterocycles. The molecule has 6 nitrogen and oxygen atoms in total. The highest BCUT2D eigenvalue weighted by atomic mass is 35.5. The van der Waals surface area contributed by atoms with E-state index in [0.717, 1.165) is 16.5 Å². The molecule has 3 atom stereocenters. The lowest BCUT2D eigenvalue weighted by molar-refractivity contribution is -0.127. The number of carbonyl (C=O) groups is 4. The Bertz CT molecular complexity index is 1430. The molecule has 0 bridgehead atoms. The van der Waals surface area contributed by atoms with Crippen LogP contribution in [0.15, 0.2) is 66.7 Å². The minimum atomic E-state index is -2.16. The summed E-state index contributed by atoms with van der Waals surface area (Å²) in [5, 5.41) is -0.262. The molecule has 0 N–H and O–H groups in total. The van der Waals surface area contributed by atoms with Crippen molar-refractivity contribution in [1.29, 1.82) is 0 Å². The van der Waals surface area contributed by atoms with E-state index >= 15 is 0 Å². The number of imide groups is 1. The molecule has 3 aliphatic rings. The molecule has 2 fully saturated rings. The van der Waals surface area contributed by atoms with E-state index in [9.17, 15) is 23.6 Å². The van der Waals surface area contributed by atoms with Crippen LogP contribution in [0.2, 0.25) is 5.02 Å². The number of anilines is 1. The Kier molecular flexibility index (Phi) is 4.62. The van der Waals surface area contributed by atoms with Crippen LogP contribution < -0.4 is 4.90 Å². The first-order valence-electron chi connectivity index (χ1n) is 11.0. The van der Waals surface area contributed by atoms with Crippen molar-refractivity contribution in [2.45, 2.75) is 18.6 Å². The van der Waals surface area contributed by atoms with Crippen molar-refractivity contribution in [3.63, 3.8) is 0 Å². The third-order valence-corrected chi connectivity index (χ3v) is 7.38. The fourth-order valence-electron chi connectivity index (χ4n) is 5.45. The molecule has 0 radical (unpaired) electrons. The molecule has 0 unspecified atom stereocenters. The van der Waals surface area contributed by atoms with Crippen molar-refractivity contribution < 1.29 is 28.3 Å². The van der Waals surface area contributed by atoms with Gasteiger partial charge in [0, 0.05) is 11.1 Å². The van der Waals surface area contributed by atoms with E-state index in [4.69, 9.17) is 16.3 Å². The lowest BCUT2D eigenvalue weighted by Crippen LogP contribution is -2.51. The summed E-state index contributed by atoms with van der Waals surface area (Å²) in [6, 6.07) is 16.9. The fraction of sp³-hybridized carbons (Fsp3) is 0.185. The lowest BCUT2D eigenvalue weighted by atomic mass is 9.77. The van der Waals surface area contributed by atoms with Crippen molar-refractivity contribution in [3.05, 3.63) is 99.8 Å². The number of fused-ring (bicyclic) bond motifs is 3. The number of ether oxygens (including phenoxy) is 1. The highest BCUT2D eigenvalue weighted by Gasteiger charge is 2.74. The van der Waals surface area contributed by atoms with Gasteiger partial charge in [0.2, 0.25) is 29.0 Å². The van der Waals surface area contributed by atoms with Crippen LogP contribution in [-0.4, -0.2) is 29.0 Å². The first kappa shape index (κ1) is 21.8. The Balaban J connectivity index is 1.54. The summed E-state index contributed by atoms with van der Waals surface area (Å²) in [6.07, 6.45) is -1.01. The van der Waals surface area contributed by atoms with Crippen molar-refractivity contribution in [1.82, 2.24) is 0 Å². The van der Waals surface area contributed by atoms with Crippen LogP contribution in [-0.2, 0) is 14.3 Å².